The Balaban J connectivity index is 1.73. The lowest BCUT2D eigenvalue weighted by Gasteiger charge is -2.17. The Bertz CT molecular complexity index is 632. The van der Waals surface area contributed by atoms with Crippen LogP contribution in [0, 0.1) is 11.3 Å². The second-order valence-electron chi connectivity index (χ2n) is 5.38. The van der Waals surface area contributed by atoms with Gasteiger partial charge in [-0.15, -0.1) is 0 Å². The fraction of sp³-hybridized carbons (Fsp3) is 0.471. The van der Waals surface area contributed by atoms with E-state index in [-0.39, 0.29) is 19.6 Å². The number of phosphoric ester groups is 1. The smallest absolute Gasteiger partial charge is 0.367 e. The van der Waals surface area contributed by atoms with Gasteiger partial charge in [0.2, 0.25) is 0 Å². The second-order valence-corrected chi connectivity index (χ2v) is 7.05. The Morgan fingerprint density at radius 2 is 2.04 bits per heavy atom. The van der Waals surface area contributed by atoms with E-state index in [0.717, 1.165) is 24.8 Å². The summed E-state index contributed by atoms with van der Waals surface area (Å²) in [6, 6.07) is 3.87. The molecule has 0 aromatic carbocycles. The van der Waals surface area contributed by atoms with Gasteiger partial charge >= 0.3 is 7.82 Å². The quantitative estimate of drug-likeness (QED) is 0.449. The standard InChI is InChI=1S/C17H23N2O4P/c18-10-4-13-22-24(20,23-14-9-17-8-11-19-15-17)21-12-3-7-16-5-1-2-6-16/h1-2,5,8,11,15,19H,3-4,6-7,9,12-14H2. The summed E-state index contributed by atoms with van der Waals surface area (Å²) in [7, 11) is -3.62. The number of rotatable bonds is 12. The number of H-pyrrole nitrogens is 1. The van der Waals surface area contributed by atoms with E-state index in [9.17, 15) is 4.57 Å². The molecule has 130 valence electrons. The molecule has 0 saturated heterocycles. The van der Waals surface area contributed by atoms with E-state index in [1.165, 1.54) is 5.57 Å². The molecule has 7 heteroatoms. The predicted molar refractivity (Wildman–Crippen MR) is 91.3 cm³/mol. The molecule has 0 aliphatic heterocycles. The molecule has 1 aromatic heterocycles. The third kappa shape index (κ3) is 6.86. The van der Waals surface area contributed by atoms with Crippen molar-refractivity contribution in [1.82, 2.24) is 4.98 Å². The summed E-state index contributed by atoms with van der Waals surface area (Å²) >= 11 is 0. The van der Waals surface area contributed by atoms with Crippen LogP contribution in [0.25, 0.3) is 0 Å². The molecule has 6 nitrogen and oxygen atoms in total. The largest absolute Gasteiger partial charge is 0.474 e. The minimum atomic E-state index is -3.62. The summed E-state index contributed by atoms with van der Waals surface area (Å²) < 4.78 is 28.6. The Labute approximate surface area is 142 Å². The highest BCUT2D eigenvalue weighted by atomic mass is 31.2. The maximum absolute atomic E-state index is 12.6. The van der Waals surface area contributed by atoms with E-state index < -0.39 is 7.82 Å². The van der Waals surface area contributed by atoms with Gasteiger partial charge in [0.25, 0.3) is 0 Å². The average Bonchev–Trinajstić information content (AvgIpc) is 3.26. The van der Waals surface area contributed by atoms with Gasteiger partial charge in [-0.2, -0.15) is 5.26 Å². The van der Waals surface area contributed by atoms with Gasteiger partial charge in [0, 0.05) is 12.4 Å². The molecule has 0 saturated carbocycles. The first-order valence-electron chi connectivity index (χ1n) is 8.09. The number of phosphoric acid groups is 1. The van der Waals surface area contributed by atoms with E-state index in [1.807, 2.05) is 30.6 Å². The van der Waals surface area contributed by atoms with Crippen molar-refractivity contribution in [3.05, 3.63) is 47.8 Å². The third-order valence-electron chi connectivity index (χ3n) is 3.51. The molecule has 1 heterocycles. The van der Waals surface area contributed by atoms with Gasteiger partial charge in [0.15, 0.2) is 0 Å². The number of allylic oxidation sites excluding steroid dienone is 4. The molecule has 1 unspecified atom stereocenters. The number of nitriles is 1. The van der Waals surface area contributed by atoms with E-state index >= 15 is 0 Å². The summed E-state index contributed by atoms with van der Waals surface area (Å²) in [5.74, 6) is 0. The molecule has 1 aliphatic rings. The normalized spacial score (nSPS) is 15.9. The van der Waals surface area contributed by atoms with Crippen molar-refractivity contribution in [3.8, 4) is 6.07 Å². The molecule has 2 rings (SSSR count). The summed E-state index contributed by atoms with van der Waals surface area (Å²) in [6.07, 6.45) is 13.3. The maximum atomic E-state index is 12.6. The summed E-state index contributed by atoms with van der Waals surface area (Å²) in [5.41, 5.74) is 2.39. The molecule has 0 spiro atoms. The summed E-state index contributed by atoms with van der Waals surface area (Å²) in [6.45, 7) is 0.565. The van der Waals surface area contributed by atoms with Gasteiger partial charge in [-0.05, 0) is 37.3 Å². The molecule has 1 N–H and O–H groups in total. The van der Waals surface area contributed by atoms with Crippen LogP contribution < -0.4 is 0 Å². The Hall–Kier alpha value is -1.64. The molecule has 0 radical (unpaired) electrons. The monoisotopic (exact) mass is 350 g/mol. The van der Waals surface area contributed by atoms with Gasteiger partial charge in [-0.3, -0.25) is 13.6 Å². The van der Waals surface area contributed by atoms with Crippen LogP contribution in [0.1, 0.15) is 31.2 Å². The highest BCUT2D eigenvalue weighted by Gasteiger charge is 2.26. The SMILES string of the molecule is N#CCCOP(=O)(OCCCC1=CC=CC1)OCCc1cc[nH]c1. The average molecular weight is 350 g/mol. The first kappa shape index (κ1) is 18.7. The number of hydrogen-bond donors (Lipinski definition) is 1. The van der Waals surface area contributed by atoms with E-state index in [2.05, 4.69) is 17.1 Å². The topological polar surface area (TPSA) is 84.3 Å². The van der Waals surface area contributed by atoms with Crippen LogP contribution in [-0.2, 0) is 24.6 Å². The Morgan fingerprint density at radius 1 is 1.21 bits per heavy atom. The van der Waals surface area contributed by atoms with E-state index in [0.29, 0.717) is 13.0 Å². The minimum Gasteiger partial charge on any atom is -0.367 e. The second kappa shape index (κ2) is 10.3. The number of aromatic amines is 1. The molecule has 1 aliphatic carbocycles. The highest BCUT2D eigenvalue weighted by molar-refractivity contribution is 7.48. The van der Waals surface area contributed by atoms with E-state index in [4.69, 9.17) is 18.8 Å². The van der Waals surface area contributed by atoms with Crippen LogP contribution in [0.4, 0.5) is 0 Å². The van der Waals surface area contributed by atoms with E-state index in [1.54, 1.807) is 0 Å². The zero-order valence-electron chi connectivity index (χ0n) is 13.6. The van der Waals surface area contributed by atoms with Crippen molar-refractivity contribution >= 4 is 7.82 Å². The van der Waals surface area contributed by atoms with Crippen LogP contribution in [0.15, 0.2) is 42.3 Å². The molecular formula is C17H23N2O4P. The number of nitrogens with zero attached hydrogens (tertiary/aromatic N) is 1. The molecule has 1 atom stereocenters. The zero-order valence-corrected chi connectivity index (χ0v) is 14.5. The molecule has 24 heavy (non-hydrogen) atoms. The molecule has 0 bridgehead atoms. The van der Waals surface area contributed by atoms with Crippen molar-refractivity contribution in [3.63, 3.8) is 0 Å². The zero-order chi connectivity index (χ0) is 17.1. The highest BCUT2D eigenvalue weighted by Crippen LogP contribution is 2.49. The first-order chi connectivity index (χ1) is 11.7. The van der Waals surface area contributed by atoms with Crippen LogP contribution >= 0.6 is 7.82 Å². The van der Waals surface area contributed by atoms with Crippen molar-refractivity contribution in [2.75, 3.05) is 19.8 Å². The van der Waals surface area contributed by atoms with Gasteiger partial charge in [-0.25, -0.2) is 4.57 Å². The van der Waals surface area contributed by atoms with Crippen LogP contribution in [0.5, 0.6) is 0 Å². The minimum absolute atomic E-state index is 0.0347. The summed E-state index contributed by atoms with van der Waals surface area (Å²) in [4.78, 5) is 2.95. The van der Waals surface area contributed by atoms with Gasteiger partial charge in [0.05, 0.1) is 32.3 Å². The Morgan fingerprint density at radius 3 is 2.75 bits per heavy atom. The van der Waals surface area contributed by atoms with Crippen molar-refractivity contribution in [2.24, 2.45) is 0 Å². The maximum Gasteiger partial charge on any atom is 0.474 e. The van der Waals surface area contributed by atoms with Crippen LogP contribution in [0.3, 0.4) is 0 Å². The lowest BCUT2D eigenvalue weighted by molar-refractivity contribution is 0.115. The molecule has 0 fully saturated rings. The molecule has 1 aromatic rings. The van der Waals surface area contributed by atoms with Crippen LogP contribution in [-0.4, -0.2) is 24.8 Å². The third-order valence-corrected chi connectivity index (χ3v) is 5.00. The lowest BCUT2D eigenvalue weighted by atomic mass is 10.1. The predicted octanol–water partition coefficient (Wildman–Crippen LogP) is 4.30. The molecular weight excluding hydrogens is 327 g/mol. The number of nitrogens with one attached hydrogen (secondary N) is 1. The number of aromatic nitrogens is 1. The van der Waals surface area contributed by atoms with Gasteiger partial charge in [-0.1, -0.05) is 23.8 Å². The first-order valence-corrected chi connectivity index (χ1v) is 9.55. The van der Waals surface area contributed by atoms with Crippen molar-refractivity contribution < 1.29 is 18.1 Å². The lowest BCUT2D eigenvalue weighted by Crippen LogP contribution is -2.05. The fourth-order valence-electron chi connectivity index (χ4n) is 2.26. The van der Waals surface area contributed by atoms with Crippen LogP contribution in [0.2, 0.25) is 0 Å². The van der Waals surface area contributed by atoms with Gasteiger partial charge in [0.1, 0.15) is 0 Å². The van der Waals surface area contributed by atoms with Gasteiger partial charge < -0.3 is 4.98 Å². The number of hydrogen-bond acceptors (Lipinski definition) is 5. The fourth-order valence-corrected chi connectivity index (χ4v) is 3.46. The molecule has 0 amide bonds. The summed E-state index contributed by atoms with van der Waals surface area (Å²) in [5, 5.41) is 8.58. The van der Waals surface area contributed by atoms with Crippen molar-refractivity contribution in [2.45, 2.75) is 32.1 Å². The van der Waals surface area contributed by atoms with Crippen molar-refractivity contribution in [1.29, 1.82) is 5.26 Å². The Kier molecular flexibility index (Phi) is 8.00.